The molecule has 90 valence electrons. The molecule has 3 heteroatoms. The largest absolute Gasteiger partial charge is 0.494 e. The number of pyridine rings is 1. The minimum Gasteiger partial charge on any atom is -0.494 e. The lowest BCUT2D eigenvalue weighted by Crippen LogP contribution is -2.01. The number of hydrogen-bond acceptors (Lipinski definition) is 3. The third-order valence-corrected chi connectivity index (χ3v) is 2.53. The highest BCUT2D eigenvalue weighted by Gasteiger charge is 2.00. The van der Waals surface area contributed by atoms with Gasteiger partial charge in [-0.1, -0.05) is 6.92 Å². The summed E-state index contributed by atoms with van der Waals surface area (Å²) in [6.45, 7) is 5.77. The van der Waals surface area contributed by atoms with Crippen molar-refractivity contribution in [2.24, 2.45) is 0 Å². The molecule has 0 aliphatic carbocycles. The second-order valence-corrected chi connectivity index (χ2v) is 3.91. The molecule has 0 aliphatic heterocycles. The molecule has 0 bridgehead atoms. The van der Waals surface area contributed by atoms with E-state index >= 15 is 0 Å². The first-order chi connectivity index (χ1) is 8.33. The van der Waals surface area contributed by atoms with Gasteiger partial charge in [0.1, 0.15) is 11.6 Å². The molecule has 0 spiro atoms. The third-order valence-electron chi connectivity index (χ3n) is 2.53. The maximum atomic E-state index is 5.47. The molecule has 1 aromatic heterocycles. The molecule has 1 heterocycles. The Morgan fingerprint density at radius 3 is 2.82 bits per heavy atom. The molecule has 0 radical (unpaired) electrons. The molecule has 3 nitrogen and oxygen atoms in total. The third kappa shape index (κ3) is 2.87. The van der Waals surface area contributed by atoms with E-state index in [4.69, 9.17) is 4.74 Å². The Morgan fingerprint density at radius 1 is 1.18 bits per heavy atom. The smallest absolute Gasteiger partial charge is 0.126 e. The Kier molecular flexibility index (Phi) is 3.81. The van der Waals surface area contributed by atoms with Gasteiger partial charge in [0.05, 0.1) is 12.1 Å². The highest BCUT2D eigenvalue weighted by molar-refractivity contribution is 5.81. The molecule has 1 N–H and O–H groups in total. The highest BCUT2D eigenvalue weighted by atomic mass is 16.5. The molecule has 2 rings (SSSR count). The van der Waals surface area contributed by atoms with Crippen molar-refractivity contribution in [1.29, 1.82) is 0 Å². The Labute approximate surface area is 102 Å². The van der Waals surface area contributed by atoms with Gasteiger partial charge >= 0.3 is 0 Å². The predicted molar refractivity (Wildman–Crippen MR) is 71.7 cm³/mol. The number of hydrogen-bond donors (Lipinski definition) is 1. The van der Waals surface area contributed by atoms with Gasteiger partial charge in [-0.05, 0) is 43.7 Å². The number of fused-ring (bicyclic) bond motifs is 1. The number of nitrogens with zero attached hydrogens (tertiary/aromatic N) is 1. The maximum absolute atomic E-state index is 5.47. The van der Waals surface area contributed by atoms with Crippen LogP contribution in [0.1, 0.15) is 20.3 Å². The number of rotatable bonds is 5. The zero-order chi connectivity index (χ0) is 12.1. The minimum absolute atomic E-state index is 0.690. The Bertz CT molecular complexity index is 497. The van der Waals surface area contributed by atoms with E-state index < -0.39 is 0 Å². The molecule has 0 fully saturated rings. The quantitative estimate of drug-likeness (QED) is 0.854. The SMILES string of the molecule is CCCNc1ccc2cc(OCC)ccc2n1. The molecule has 1 aromatic carbocycles. The normalized spacial score (nSPS) is 10.5. The number of nitrogens with one attached hydrogen (secondary N) is 1. The summed E-state index contributed by atoms with van der Waals surface area (Å²) in [5.41, 5.74) is 0.995. The molecule has 0 unspecified atom stereocenters. The lowest BCUT2D eigenvalue weighted by atomic mass is 10.2. The summed E-state index contributed by atoms with van der Waals surface area (Å²) in [7, 11) is 0. The van der Waals surface area contributed by atoms with Crippen molar-refractivity contribution in [3.05, 3.63) is 30.3 Å². The summed E-state index contributed by atoms with van der Waals surface area (Å²) in [5.74, 6) is 1.83. The topological polar surface area (TPSA) is 34.1 Å². The van der Waals surface area contributed by atoms with Gasteiger partial charge in [-0.25, -0.2) is 4.98 Å². The van der Waals surface area contributed by atoms with E-state index in [1.807, 2.05) is 31.2 Å². The second kappa shape index (κ2) is 5.53. The van der Waals surface area contributed by atoms with Crippen LogP contribution < -0.4 is 10.1 Å². The summed E-state index contributed by atoms with van der Waals surface area (Å²) in [5, 5.41) is 4.39. The van der Waals surface area contributed by atoms with Crippen molar-refractivity contribution < 1.29 is 4.74 Å². The van der Waals surface area contributed by atoms with Crippen LogP contribution in [0.15, 0.2) is 30.3 Å². The van der Waals surface area contributed by atoms with Crippen molar-refractivity contribution in [2.75, 3.05) is 18.5 Å². The summed E-state index contributed by atoms with van der Waals surface area (Å²) >= 11 is 0. The van der Waals surface area contributed by atoms with Gasteiger partial charge in [-0.3, -0.25) is 0 Å². The van der Waals surface area contributed by atoms with Crippen LogP contribution >= 0.6 is 0 Å². The lowest BCUT2D eigenvalue weighted by Gasteiger charge is -2.07. The zero-order valence-electron chi connectivity index (χ0n) is 10.4. The molecule has 0 amide bonds. The first-order valence-electron chi connectivity index (χ1n) is 6.11. The van der Waals surface area contributed by atoms with Crippen LogP contribution in [-0.2, 0) is 0 Å². The first-order valence-corrected chi connectivity index (χ1v) is 6.11. The van der Waals surface area contributed by atoms with Crippen LogP contribution in [0.4, 0.5) is 5.82 Å². The van der Waals surface area contributed by atoms with Crippen molar-refractivity contribution in [3.8, 4) is 5.75 Å². The van der Waals surface area contributed by atoms with Crippen molar-refractivity contribution in [3.63, 3.8) is 0 Å². The minimum atomic E-state index is 0.690. The number of benzene rings is 1. The Hall–Kier alpha value is -1.77. The lowest BCUT2D eigenvalue weighted by molar-refractivity contribution is 0.340. The number of ether oxygens (including phenoxy) is 1. The van der Waals surface area contributed by atoms with Crippen molar-refractivity contribution >= 4 is 16.7 Å². The van der Waals surface area contributed by atoms with Gasteiger partial charge in [0.2, 0.25) is 0 Å². The van der Waals surface area contributed by atoms with Gasteiger partial charge in [0, 0.05) is 11.9 Å². The van der Waals surface area contributed by atoms with Crippen LogP contribution in [0.3, 0.4) is 0 Å². The van der Waals surface area contributed by atoms with Crippen LogP contribution in [-0.4, -0.2) is 18.1 Å². The second-order valence-electron chi connectivity index (χ2n) is 3.91. The fourth-order valence-electron chi connectivity index (χ4n) is 1.71. The van der Waals surface area contributed by atoms with Gasteiger partial charge in [-0.15, -0.1) is 0 Å². The van der Waals surface area contributed by atoms with E-state index in [1.54, 1.807) is 0 Å². The molecular weight excluding hydrogens is 212 g/mol. The van der Waals surface area contributed by atoms with Gasteiger partial charge in [0.15, 0.2) is 0 Å². The average Bonchev–Trinajstić information content (AvgIpc) is 2.36. The average molecular weight is 230 g/mol. The molecule has 0 atom stereocenters. The first kappa shape index (κ1) is 11.7. The molecule has 17 heavy (non-hydrogen) atoms. The molecule has 0 saturated heterocycles. The summed E-state index contributed by atoms with van der Waals surface area (Å²) in [6, 6.07) is 10.1. The number of aromatic nitrogens is 1. The van der Waals surface area contributed by atoms with Crippen LogP contribution in [0.2, 0.25) is 0 Å². The maximum Gasteiger partial charge on any atom is 0.126 e. The molecular formula is C14H18N2O. The Balaban J connectivity index is 2.26. The van der Waals surface area contributed by atoms with E-state index in [1.165, 1.54) is 0 Å². The standard InChI is InChI=1S/C14H18N2O/c1-3-9-15-14-8-5-11-10-12(17-4-2)6-7-13(11)16-14/h5-8,10H,3-4,9H2,1-2H3,(H,15,16). The van der Waals surface area contributed by atoms with Gasteiger partial charge in [-0.2, -0.15) is 0 Å². The highest BCUT2D eigenvalue weighted by Crippen LogP contribution is 2.21. The monoisotopic (exact) mass is 230 g/mol. The summed E-state index contributed by atoms with van der Waals surface area (Å²) in [4.78, 5) is 4.55. The van der Waals surface area contributed by atoms with Crippen molar-refractivity contribution in [1.82, 2.24) is 4.98 Å². The van der Waals surface area contributed by atoms with E-state index in [9.17, 15) is 0 Å². The predicted octanol–water partition coefficient (Wildman–Crippen LogP) is 3.46. The van der Waals surface area contributed by atoms with Crippen LogP contribution in [0, 0.1) is 0 Å². The van der Waals surface area contributed by atoms with E-state index in [-0.39, 0.29) is 0 Å². The fraction of sp³-hybridized carbons (Fsp3) is 0.357. The summed E-state index contributed by atoms with van der Waals surface area (Å²) in [6.07, 6.45) is 1.10. The van der Waals surface area contributed by atoms with E-state index in [2.05, 4.69) is 23.3 Å². The Morgan fingerprint density at radius 2 is 2.06 bits per heavy atom. The molecule has 2 aromatic rings. The van der Waals surface area contributed by atoms with Crippen LogP contribution in [0.25, 0.3) is 10.9 Å². The molecule has 0 aliphatic rings. The van der Waals surface area contributed by atoms with E-state index in [0.29, 0.717) is 6.61 Å². The zero-order valence-corrected chi connectivity index (χ0v) is 10.4. The van der Waals surface area contributed by atoms with Crippen molar-refractivity contribution in [2.45, 2.75) is 20.3 Å². The van der Waals surface area contributed by atoms with E-state index in [0.717, 1.165) is 35.4 Å². The van der Waals surface area contributed by atoms with Gasteiger partial charge < -0.3 is 10.1 Å². The van der Waals surface area contributed by atoms with Crippen LogP contribution in [0.5, 0.6) is 5.75 Å². The molecule has 0 saturated carbocycles. The summed E-state index contributed by atoms with van der Waals surface area (Å²) < 4.78 is 5.47. The number of anilines is 1. The van der Waals surface area contributed by atoms with Gasteiger partial charge in [0.25, 0.3) is 0 Å². The fourth-order valence-corrected chi connectivity index (χ4v) is 1.71.